The van der Waals surface area contributed by atoms with E-state index < -0.39 is 0 Å². The summed E-state index contributed by atoms with van der Waals surface area (Å²) in [4.78, 5) is 22.8. The molecular weight excluding hydrogens is 477 g/mol. The maximum absolute atomic E-state index is 12.6. The molecule has 2 fully saturated rings. The Hall–Kier alpha value is -1.93. The zero-order chi connectivity index (χ0) is 21.0. The van der Waals surface area contributed by atoms with E-state index in [0.29, 0.717) is 12.0 Å². The van der Waals surface area contributed by atoms with Crippen LogP contribution in [0.25, 0.3) is 20.7 Å². The third-order valence-corrected chi connectivity index (χ3v) is 7.28. The summed E-state index contributed by atoms with van der Waals surface area (Å²) in [7, 11) is 0. The summed E-state index contributed by atoms with van der Waals surface area (Å²) < 4.78 is 1.11. The van der Waals surface area contributed by atoms with Gasteiger partial charge in [-0.15, -0.1) is 36.2 Å². The van der Waals surface area contributed by atoms with Crippen LogP contribution in [-0.2, 0) is 0 Å². The second-order valence-electron chi connectivity index (χ2n) is 8.60. The number of aromatic nitrogens is 2. The standard InChI is InChI=1S/C24H29N5OS.2ClH/c30-23(28-17-6-7-17)18-4-1-5-21-19(18)15-22(31-21)20-10-14-27-24(29-20)26-11-2-3-16-8-12-25-13-9-16;;/h1,4-5,10,14-17,25H,2-3,6-9,11-13H2,(H,28,30)(H,26,27,29);2*1H. The van der Waals surface area contributed by atoms with Crippen LogP contribution >= 0.6 is 36.2 Å². The van der Waals surface area contributed by atoms with Crippen molar-refractivity contribution < 1.29 is 4.79 Å². The number of fused-ring (bicyclic) bond motifs is 1. The van der Waals surface area contributed by atoms with Crippen molar-refractivity contribution >= 4 is 58.1 Å². The first kappa shape index (κ1) is 25.7. The van der Waals surface area contributed by atoms with Crippen molar-refractivity contribution in [2.45, 2.75) is 44.6 Å². The van der Waals surface area contributed by atoms with Crippen LogP contribution in [0.15, 0.2) is 36.5 Å². The molecule has 3 N–H and O–H groups in total. The molecule has 0 bridgehead atoms. The zero-order valence-corrected chi connectivity index (χ0v) is 21.0. The summed E-state index contributed by atoms with van der Waals surface area (Å²) >= 11 is 1.67. The van der Waals surface area contributed by atoms with Crippen molar-refractivity contribution in [3.63, 3.8) is 0 Å². The molecule has 2 aromatic heterocycles. The van der Waals surface area contributed by atoms with Gasteiger partial charge in [0.25, 0.3) is 5.91 Å². The van der Waals surface area contributed by atoms with Gasteiger partial charge in [0.05, 0.1) is 10.6 Å². The predicted molar refractivity (Wildman–Crippen MR) is 141 cm³/mol. The number of nitrogens with one attached hydrogen (secondary N) is 3. The molecule has 0 spiro atoms. The molecule has 6 nitrogen and oxygen atoms in total. The van der Waals surface area contributed by atoms with Gasteiger partial charge in [-0.3, -0.25) is 4.79 Å². The van der Waals surface area contributed by atoms with Gasteiger partial charge in [-0.2, -0.15) is 0 Å². The van der Waals surface area contributed by atoms with Crippen LogP contribution in [0.5, 0.6) is 0 Å². The third-order valence-electron chi connectivity index (χ3n) is 6.16. The maximum Gasteiger partial charge on any atom is 0.252 e. The van der Waals surface area contributed by atoms with Gasteiger partial charge in [0.1, 0.15) is 0 Å². The monoisotopic (exact) mass is 507 g/mol. The Morgan fingerprint density at radius 2 is 1.94 bits per heavy atom. The SMILES string of the molecule is Cl.Cl.O=C(NC1CC1)c1cccc2sc(-c3ccnc(NCCCC4CCNCC4)n3)cc12. The number of hydrogen-bond acceptors (Lipinski definition) is 6. The molecule has 0 atom stereocenters. The molecule has 3 heterocycles. The van der Waals surface area contributed by atoms with Crippen LogP contribution in [0.4, 0.5) is 5.95 Å². The number of carbonyl (C=O) groups excluding carboxylic acids is 1. The Bertz CT molecular complexity index is 1070. The average Bonchev–Trinajstić information content (AvgIpc) is 3.51. The number of amides is 1. The Balaban J connectivity index is 0.00000153. The van der Waals surface area contributed by atoms with Gasteiger partial charge in [-0.1, -0.05) is 6.07 Å². The second-order valence-corrected chi connectivity index (χ2v) is 9.69. The Morgan fingerprint density at radius 3 is 2.73 bits per heavy atom. The summed E-state index contributed by atoms with van der Waals surface area (Å²) in [5, 5.41) is 10.9. The molecule has 2 aliphatic rings. The van der Waals surface area contributed by atoms with Gasteiger partial charge in [0.15, 0.2) is 0 Å². The number of rotatable bonds is 8. The molecule has 1 aromatic carbocycles. The van der Waals surface area contributed by atoms with Crippen molar-refractivity contribution in [2.75, 3.05) is 25.0 Å². The number of nitrogens with zero attached hydrogens (tertiary/aromatic N) is 2. The Morgan fingerprint density at radius 1 is 1.12 bits per heavy atom. The number of halogens is 2. The second kappa shape index (κ2) is 12.0. The van der Waals surface area contributed by atoms with E-state index in [-0.39, 0.29) is 30.7 Å². The summed E-state index contributed by atoms with van der Waals surface area (Å²) in [5.41, 5.74) is 1.64. The van der Waals surface area contributed by atoms with Crippen LogP contribution in [0, 0.1) is 5.92 Å². The Labute approximate surface area is 211 Å². The van der Waals surface area contributed by atoms with Crippen molar-refractivity contribution in [3.8, 4) is 10.6 Å². The highest BCUT2D eigenvalue weighted by molar-refractivity contribution is 7.22. The fourth-order valence-corrected chi connectivity index (χ4v) is 5.28. The van der Waals surface area contributed by atoms with Crippen molar-refractivity contribution in [2.24, 2.45) is 5.92 Å². The van der Waals surface area contributed by atoms with Gasteiger partial charge in [0, 0.05) is 34.4 Å². The normalized spacial score (nSPS) is 16.0. The maximum atomic E-state index is 12.6. The topological polar surface area (TPSA) is 78.9 Å². The van der Waals surface area contributed by atoms with E-state index in [0.717, 1.165) is 71.0 Å². The molecule has 178 valence electrons. The molecule has 1 saturated heterocycles. The molecule has 0 unspecified atom stereocenters. The third kappa shape index (κ3) is 6.57. The van der Waals surface area contributed by atoms with Crippen LogP contribution in [0.1, 0.15) is 48.9 Å². The molecule has 1 aliphatic heterocycles. The average molecular weight is 509 g/mol. The van der Waals surface area contributed by atoms with E-state index in [9.17, 15) is 4.79 Å². The highest BCUT2D eigenvalue weighted by Crippen LogP contribution is 2.35. The van der Waals surface area contributed by atoms with Crippen LogP contribution in [0.2, 0.25) is 0 Å². The highest BCUT2D eigenvalue weighted by Gasteiger charge is 2.25. The van der Waals surface area contributed by atoms with E-state index in [4.69, 9.17) is 4.98 Å². The van der Waals surface area contributed by atoms with Crippen molar-refractivity contribution in [1.82, 2.24) is 20.6 Å². The van der Waals surface area contributed by atoms with Gasteiger partial charge in [0.2, 0.25) is 5.95 Å². The van der Waals surface area contributed by atoms with E-state index in [1.807, 2.05) is 24.4 Å². The number of piperidine rings is 1. The Kier molecular flexibility index (Phi) is 9.32. The molecule has 1 saturated carbocycles. The molecule has 3 aromatic rings. The van der Waals surface area contributed by atoms with Gasteiger partial charge in [-0.05, 0) is 81.8 Å². The van der Waals surface area contributed by atoms with E-state index in [1.54, 1.807) is 11.3 Å². The number of anilines is 1. The molecule has 1 amide bonds. The van der Waals surface area contributed by atoms with Gasteiger partial charge >= 0.3 is 0 Å². The first-order valence-electron chi connectivity index (χ1n) is 11.4. The number of hydrogen-bond donors (Lipinski definition) is 3. The molecular formula is C24H31Cl2N5OS. The minimum Gasteiger partial charge on any atom is -0.354 e. The first-order valence-corrected chi connectivity index (χ1v) is 12.2. The van der Waals surface area contributed by atoms with Crippen LogP contribution < -0.4 is 16.0 Å². The van der Waals surface area contributed by atoms with Crippen LogP contribution in [-0.4, -0.2) is 41.6 Å². The van der Waals surface area contributed by atoms with Crippen molar-refractivity contribution in [1.29, 1.82) is 0 Å². The van der Waals surface area contributed by atoms with E-state index in [1.165, 1.54) is 19.3 Å². The summed E-state index contributed by atoms with van der Waals surface area (Å²) in [5.74, 6) is 1.54. The van der Waals surface area contributed by atoms with Crippen molar-refractivity contribution in [3.05, 3.63) is 42.1 Å². The van der Waals surface area contributed by atoms with Crippen LogP contribution in [0.3, 0.4) is 0 Å². The lowest BCUT2D eigenvalue weighted by molar-refractivity contribution is 0.0953. The quantitative estimate of drug-likeness (QED) is 0.361. The lowest BCUT2D eigenvalue weighted by Gasteiger charge is -2.22. The largest absolute Gasteiger partial charge is 0.354 e. The summed E-state index contributed by atoms with van der Waals surface area (Å²) in [6, 6.07) is 10.3. The minimum atomic E-state index is 0. The molecule has 9 heteroatoms. The lowest BCUT2D eigenvalue weighted by Crippen LogP contribution is -2.27. The summed E-state index contributed by atoms with van der Waals surface area (Å²) in [6.45, 7) is 3.20. The smallest absolute Gasteiger partial charge is 0.252 e. The van der Waals surface area contributed by atoms with Gasteiger partial charge in [-0.25, -0.2) is 9.97 Å². The fourth-order valence-electron chi connectivity index (χ4n) is 4.22. The predicted octanol–water partition coefficient (Wildman–Crippen LogP) is 5.29. The molecule has 1 aliphatic carbocycles. The molecule has 5 rings (SSSR count). The number of carbonyl (C=O) groups is 1. The zero-order valence-electron chi connectivity index (χ0n) is 18.5. The highest BCUT2D eigenvalue weighted by atomic mass is 35.5. The fraction of sp³-hybridized carbons (Fsp3) is 0.458. The van der Waals surface area contributed by atoms with Gasteiger partial charge < -0.3 is 16.0 Å². The molecule has 0 radical (unpaired) electrons. The molecule has 33 heavy (non-hydrogen) atoms. The first-order chi connectivity index (χ1) is 15.3. The lowest BCUT2D eigenvalue weighted by atomic mass is 9.93. The summed E-state index contributed by atoms with van der Waals surface area (Å²) in [6.07, 6.45) is 8.97. The van der Waals surface area contributed by atoms with E-state index >= 15 is 0 Å². The number of benzene rings is 1. The van der Waals surface area contributed by atoms with E-state index in [2.05, 4.69) is 33.1 Å². The minimum absolute atomic E-state index is 0. The number of thiophene rings is 1.